The van der Waals surface area contributed by atoms with Gasteiger partial charge in [-0.1, -0.05) is 44.9 Å². The van der Waals surface area contributed by atoms with E-state index in [0.29, 0.717) is 0 Å². The molecule has 0 radical (unpaired) electrons. The fourth-order valence-corrected chi connectivity index (χ4v) is 5.37. The molecule has 3 atom stereocenters. The summed E-state index contributed by atoms with van der Waals surface area (Å²) >= 11 is 0. The predicted molar refractivity (Wildman–Crippen MR) is 69.4 cm³/mol. The minimum atomic E-state index is 0.844. The highest BCUT2D eigenvalue weighted by molar-refractivity contribution is 4.97. The third-order valence-electron chi connectivity index (χ3n) is 6.12. The summed E-state index contributed by atoms with van der Waals surface area (Å²) in [5, 5.41) is 0. The molecule has 3 unspecified atom stereocenters. The fraction of sp³-hybridized carbons (Fsp3) is 1.00. The van der Waals surface area contributed by atoms with Crippen LogP contribution in [0.1, 0.15) is 83.5 Å². The molecule has 3 rings (SSSR count). The van der Waals surface area contributed by atoms with Gasteiger partial charge in [0.25, 0.3) is 0 Å². The maximum absolute atomic E-state index is 1.60. The van der Waals surface area contributed by atoms with Crippen molar-refractivity contribution in [1.82, 2.24) is 0 Å². The predicted octanol–water partition coefficient (Wildman–Crippen LogP) is 5.32. The van der Waals surface area contributed by atoms with E-state index in [1.807, 2.05) is 0 Å². The van der Waals surface area contributed by atoms with Gasteiger partial charge >= 0.3 is 0 Å². The van der Waals surface area contributed by atoms with Crippen molar-refractivity contribution in [2.45, 2.75) is 83.5 Å². The van der Waals surface area contributed by atoms with Crippen molar-refractivity contribution in [2.75, 3.05) is 0 Å². The Morgan fingerprint density at radius 3 is 1.75 bits per heavy atom. The molecule has 3 saturated carbocycles. The Morgan fingerprint density at radius 1 is 0.500 bits per heavy atom. The van der Waals surface area contributed by atoms with E-state index in [9.17, 15) is 0 Å². The van der Waals surface area contributed by atoms with Gasteiger partial charge in [-0.05, 0) is 55.8 Å². The fourth-order valence-electron chi connectivity index (χ4n) is 5.37. The van der Waals surface area contributed by atoms with Gasteiger partial charge < -0.3 is 0 Å². The SMILES string of the molecule is C1CCCC23CCCCC2CCCC3CC1. The molecule has 3 aliphatic carbocycles. The van der Waals surface area contributed by atoms with Crippen LogP contribution in [0.5, 0.6) is 0 Å². The molecular formula is C16H28. The first kappa shape index (κ1) is 11.1. The van der Waals surface area contributed by atoms with E-state index < -0.39 is 0 Å². The van der Waals surface area contributed by atoms with Crippen molar-refractivity contribution in [3.63, 3.8) is 0 Å². The molecule has 0 saturated heterocycles. The van der Waals surface area contributed by atoms with E-state index in [-0.39, 0.29) is 0 Å². The Bertz CT molecular complexity index is 230. The summed E-state index contributed by atoms with van der Waals surface area (Å²) in [5.41, 5.74) is 0.844. The Kier molecular flexibility index (Phi) is 3.27. The molecule has 0 aromatic carbocycles. The van der Waals surface area contributed by atoms with Crippen LogP contribution in [-0.4, -0.2) is 0 Å². The average molecular weight is 220 g/mol. The van der Waals surface area contributed by atoms with Crippen LogP contribution in [0.4, 0.5) is 0 Å². The molecule has 0 heteroatoms. The van der Waals surface area contributed by atoms with Crippen LogP contribution in [-0.2, 0) is 0 Å². The molecule has 3 aliphatic rings. The standard InChI is InChI=1S/C16H28/c1-2-5-12-16-13-6-4-9-15(16)11-7-10-14(16)8-3-1/h14-15H,1-13H2. The van der Waals surface area contributed by atoms with Gasteiger partial charge in [0.05, 0.1) is 0 Å². The lowest BCUT2D eigenvalue weighted by Crippen LogP contribution is -2.44. The summed E-state index contributed by atoms with van der Waals surface area (Å²) in [6.45, 7) is 0. The first-order valence-electron chi connectivity index (χ1n) is 7.92. The molecule has 0 aliphatic heterocycles. The Labute approximate surface area is 101 Å². The summed E-state index contributed by atoms with van der Waals surface area (Å²) in [6, 6.07) is 0. The second-order valence-electron chi connectivity index (χ2n) is 6.76. The van der Waals surface area contributed by atoms with Crippen LogP contribution >= 0.6 is 0 Å². The zero-order valence-corrected chi connectivity index (χ0v) is 10.8. The lowest BCUT2D eigenvalue weighted by atomic mass is 9.51. The first-order valence-corrected chi connectivity index (χ1v) is 7.92. The number of rotatable bonds is 0. The maximum atomic E-state index is 1.60. The quantitative estimate of drug-likeness (QED) is 0.518. The van der Waals surface area contributed by atoms with E-state index in [0.717, 1.165) is 17.3 Å². The van der Waals surface area contributed by atoms with Gasteiger partial charge in [0, 0.05) is 0 Å². The molecule has 0 nitrogen and oxygen atoms in total. The lowest BCUT2D eigenvalue weighted by molar-refractivity contribution is -0.0341. The van der Waals surface area contributed by atoms with E-state index in [1.54, 1.807) is 70.6 Å². The van der Waals surface area contributed by atoms with Gasteiger partial charge in [0.1, 0.15) is 0 Å². The highest BCUT2D eigenvalue weighted by atomic mass is 14.5. The van der Waals surface area contributed by atoms with E-state index in [1.165, 1.54) is 12.8 Å². The minimum Gasteiger partial charge on any atom is -0.0533 e. The number of hydrogen-bond donors (Lipinski definition) is 0. The van der Waals surface area contributed by atoms with Crippen LogP contribution in [0.25, 0.3) is 0 Å². The molecule has 16 heavy (non-hydrogen) atoms. The number of hydrogen-bond acceptors (Lipinski definition) is 0. The molecule has 3 fully saturated rings. The van der Waals surface area contributed by atoms with Crippen molar-refractivity contribution in [3.8, 4) is 0 Å². The highest BCUT2D eigenvalue weighted by Crippen LogP contribution is 2.58. The summed E-state index contributed by atoms with van der Waals surface area (Å²) in [7, 11) is 0. The molecule has 92 valence electrons. The van der Waals surface area contributed by atoms with Gasteiger partial charge in [0.2, 0.25) is 0 Å². The van der Waals surface area contributed by atoms with Crippen molar-refractivity contribution >= 4 is 0 Å². The maximum Gasteiger partial charge on any atom is -0.0241 e. The van der Waals surface area contributed by atoms with Crippen LogP contribution in [0.2, 0.25) is 0 Å². The van der Waals surface area contributed by atoms with Gasteiger partial charge in [-0.3, -0.25) is 0 Å². The zero-order chi connectivity index (χ0) is 10.8. The molecule has 0 bridgehead atoms. The van der Waals surface area contributed by atoms with Crippen LogP contribution in [0, 0.1) is 17.3 Å². The summed E-state index contributed by atoms with van der Waals surface area (Å²) < 4.78 is 0. The molecule has 0 N–H and O–H groups in total. The lowest BCUT2D eigenvalue weighted by Gasteiger charge is -2.54. The topological polar surface area (TPSA) is 0 Å². The third kappa shape index (κ3) is 1.83. The van der Waals surface area contributed by atoms with Crippen LogP contribution < -0.4 is 0 Å². The molecular weight excluding hydrogens is 192 g/mol. The smallest absolute Gasteiger partial charge is 0.0241 e. The van der Waals surface area contributed by atoms with E-state index in [2.05, 4.69) is 0 Å². The van der Waals surface area contributed by atoms with Crippen LogP contribution in [0.15, 0.2) is 0 Å². The van der Waals surface area contributed by atoms with Crippen molar-refractivity contribution in [1.29, 1.82) is 0 Å². The Morgan fingerprint density at radius 2 is 1.00 bits per heavy atom. The largest absolute Gasteiger partial charge is 0.0533 e. The van der Waals surface area contributed by atoms with E-state index >= 15 is 0 Å². The molecule has 0 heterocycles. The second-order valence-corrected chi connectivity index (χ2v) is 6.76. The van der Waals surface area contributed by atoms with Gasteiger partial charge in [-0.2, -0.15) is 0 Å². The highest BCUT2D eigenvalue weighted by Gasteiger charge is 2.47. The first-order chi connectivity index (χ1) is 7.92. The van der Waals surface area contributed by atoms with Crippen LogP contribution in [0.3, 0.4) is 0 Å². The molecule has 1 spiro atoms. The van der Waals surface area contributed by atoms with Crippen molar-refractivity contribution in [3.05, 3.63) is 0 Å². The molecule has 0 aromatic heterocycles. The van der Waals surface area contributed by atoms with Gasteiger partial charge in [0.15, 0.2) is 0 Å². The zero-order valence-electron chi connectivity index (χ0n) is 10.8. The van der Waals surface area contributed by atoms with Crippen molar-refractivity contribution < 1.29 is 0 Å². The summed E-state index contributed by atoms with van der Waals surface area (Å²) in [5.74, 6) is 2.27. The monoisotopic (exact) mass is 220 g/mol. The molecule has 0 aromatic rings. The van der Waals surface area contributed by atoms with Gasteiger partial charge in [-0.15, -0.1) is 0 Å². The van der Waals surface area contributed by atoms with Gasteiger partial charge in [-0.25, -0.2) is 0 Å². The second kappa shape index (κ2) is 4.70. The molecule has 0 amide bonds. The normalized spacial score (nSPS) is 45.0. The third-order valence-corrected chi connectivity index (χ3v) is 6.12. The van der Waals surface area contributed by atoms with E-state index in [4.69, 9.17) is 0 Å². The minimum absolute atomic E-state index is 0.844. The van der Waals surface area contributed by atoms with Crippen molar-refractivity contribution in [2.24, 2.45) is 17.3 Å². The Balaban J connectivity index is 1.83. The average Bonchev–Trinajstić information content (AvgIpc) is 2.30. The summed E-state index contributed by atoms with van der Waals surface area (Å²) in [6.07, 6.45) is 20.3. The summed E-state index contributed by atoms with van der Waals surface area (Å²) in [4.78, 5) is 0. The Hall–Kier alpha value is 0.